The Morgan fingerprint density at radius 1 is 0.926 bits per heavy atom. The minimum absolute atomic E-state index is 0.334. The Hall–Kier alpha value is -2.44. The number of hydrogen-bond donors (Lipinski definition) is 1. The van der Waals surface area contributed by atoms with Gasteiger partial charge in [0.25, 0.3) is 5.91 Å². The molecule has 0 saturated carbocycles. The molecular weight excluding hydrogens is 471 g/mol. The van der Waals surface area contributed by atoms with Crippen LogP contribution in [0.15, 0.2) is 77.9 Å². The quantitative estimate of drug-likeness (QED) is 0.164. The number of rotatable bonds is 3. The van der Waals surface area contributed by atoms with Gasteiger partial charge in [-0.3, -0.25) is 4.79 Å². The molecule has 1 N–H and O–H groups in total. The number of benzene rings is 4. The first-order chi connectivity index (χ1) is 13.1. The van der Waals surface area contributed by atoms with Crippen molar-refractivity contribution in [1.29, 1.82) is 0 Å². The maximum absolute atomic E-state index is 12.4. The van der Waals surface area contributed by atoms with Crippen LogP contribution in [0, 0.1) is 3.57 Å². The van der Waals surface area contributed by atoms with Gasteiger partial charge in [-0.15, -0.1) is 0 Å². The summed E-state index contributed by atoms with van der Waals surface area (Å²) in [6.07, 6.45) is 1.70. The van der Waals surface area contributed by atoms with Gasteiger partial charge < -0.3 is 0 Å². The van der Waals surface area contributed by atoms with Crippen LogP contribution in [0.2, 0.25) is 5.02 Å². The van der Waals surface area contributed by atoms with Gasteiger partial charge in [-0.05, 0) is 68.4 Å². The summed E-state index contributed by atoms with van der Waals surface area (Å²) in [5.74, 6) is -0.334. The summed E-state index contributed by atoms with van der Waals surface area (Å²) < 4.78 is 0.936. The second-order valence-electron chi connectivity index (χ2n) is 6.06. The van der Waals surface area contributed by atoms with Crippen LogP contribution in [0.3, 0.4) is 0 Å². The second-order valence-corrected chi connectivity index (χ2v) is 7.71. The van der Waals surface area contributed by atoms with E-state index in [4.69, 9.17) is 11.6 Å². The molecule has 5 heteroatoms. The molecule has 27 heavy (non-hydrogen) atoms. The van der Waals surface area contributed by atoms with Gasteiger partial charge in [0, 0.05) is 9.13 Å². The first-order valence-electron chi connectivity index (χ1n) is 8.32. The lowest BCUT2D eigenvalue weighted by Gasteiger charge is -2.08. The molecule has 0 unspecified atom stereocenters. The summed E-state index contributed by atoms with van der Waals surface area (Å²) >= 11 is 8.27. The van der Waals surface area contributed by atoms with Gasteiger partial charge in [0.15, 0.2) is 0 Å². The Balaban J connectivity index is 1.72. The maximum Gasteiger partial charge on any atom is 0.272 e. The van der Waals surface area contributed by atoms with Crippen molar-refractivity contribution in [1.82, 2.24) is 5.43 Å². The van der Waals surface area contributed by atoms with Crippen molar-refractivity contribution < 1.29 is 4.79 Å². The van der Waals surface area contributed by atoms with Crippen LogP contribution in [0.25, 0.3) is 21.5 Å². The summed E-state index contributed by atoms with van der Waals surface area (Å²) in [4.78, 5) is 12.4. The van der Waals surface area contributed by atoms with Crippen LogP contribution in [0.1, 0.15) is 15.9 Å². The second kappa shape index (κ2) is 7.66. The third kappa shape index (κ3) is 3.68. The highest BCUT2D eigenvalue weighted by atomic mass is 127. The SMILES string of the molecule is O=C(N/N=C/c1c2ccccc2cc2ccccc12)c1cc(I)ccc1Cl. The number of nitrogens with one attached hydrogen (secondary N) is 1. The highest BCUT2D eigenvalue weighted by Gasteiger charge is 2.10. The molecule has 1 amide bonds. The van der Waals surface area contributed by atoms with Crippen molar-refractivity contribution in [3.8, 4) is 0 Å². The van der Waals surface area contributed by atoms with E-state index < -0.39 is 0 Å². The van der Waals surface area contributed by atoms with E-state index >= 15 is 0 Å². The van der Waals surface area contributed by atoms with E-state index in [1.807, 2.05) is 30.3 Å². The van der Waals surface area contributed by atoms with Gasteiger partial charge in [-0.25, -0.2) is 5.43 Å². The molecule has 0 fully saturated rings. The molecule has 0 heterocycles. The van der Waals surface area contributed by atoms with Gasteiger partial charge in [-0.1, -0.05) is 60.1 Å². The molecule has 4 rings (SSSR count). The van der Waals surface area contributed by atoms with Crippen molar-refractivity contribution in [2.24, 2.45) is 5.10 Å². The average Bonchev–Trinajstić information content (AvgIpc) is 2.69. The number of carbonyl (C=O) groups is 1. The van der Waals surface area contributed by atoms with Gasteiger partial charge in [-0.2, -0.15) is 5.10 Å². The predicted octanol–water partition coefficient (Wildman–Crippen LogP) is 6.01. The Morgan fingerprint density at radius 2 is 1.56 bits per heavy atom. The molecule has 0 aromatic heterocycles. The lowest BCUT2D eigenvalue weighted by atomic mass is 9.97. The Kier molecular flexibility index (Phi) is 5.09. The number of carbonyl (C=O) groups excluding carboxylic acids is 1. The van der Waals surface area contributed by atoms with Crippen molar-refractivity contribution >= 4 is 67.9 Å². The Bertz CT molecular complexity index is 1150. The van der Waals surface area contributed by atoms with E-state index in [9.17, 15) is 4.79 Å². The van der Waals surface area contributed by atoms with Crippen molar-refractivity contribution in [2.45, 2.75) is 0 Å². The molecule has 0 aliphatic heterocycles. The summed E-state index contributed by atoms with van der Waals surface area (Å²) in [7, 11) is 0. The number of hydrogen-bond acceptors (Lipinski definition) is 2. The average molecular weight is 485 g/mol. The predicted molar refractivity (Wildman–Crippen MR) is 121 cm³/mol. The van der Waals surface area contributed by atoms with Crippen LogP contribution in [0.4, 0.5) is 0 Å². The zero-order valence-electron chi connectivity index (χ0n) is 14.1. The largest absolute Gasteiger partial charge is 0.272 e. The fraction of sp³-hybridized carbons (Fsp3) is 0. The van der Waals surface area contributed by atoms with E-state index in [1.54, 1.807) is 18.3 Å². The maximum atomic E-state index is 12.4. The summed E-state index contributed by atoms with van der Waals surface area (Å²) in [6, 6.07) is 23.7. The monoisotopic (exact) mass is 484 g/mol. The number of halogens is 2. The lowest BCUT2D eigenvalue weighted by Crippen LogP contribution is -2.18. The molecule has 0 spiro atoms. The van der Waals surface area contributed by atoms with E-state index in [2.05, 4.69) is 63.4 Å². The van der Waals surface area contributed by atoms with Crippen LogP contribution in [-0.2, 0) is 0 Å². The first-order valence-corrected chi connectivity index (χ1v) is 9.78. The normalized spacial score (nSPS) is 11.3. The number of hydrazone groups is 1. The van der Waals surface area contributed by atoms with E-state index in [0.717, 1.165) is 30.7 Å². The van der Waals surface area contributed by atoms with Crippen molar-refractivity contribution in [3.63, 3.8) is 0 Å². The van der Waals surface area contributed by atoms with Crippen LogP contribution < -0.4 is 5.43 Å². The van der Waals surface area contributed by atoms with Crippen LogP contribution >= 0.6 is 34.2 Å². The molecule has 0 aliphatic carbocycles. The van der Waals surface area contributed by atoms with E-state index in [-0.39, 0.29) is 5.91 Å². The number of nitrogens with zero attached hydrogens (tertiary/aromatic N) is 1. The van der Waals surface area contributed by atoms with Gasteiger partial charge in [0.1, 0.15) is 0 Å². The minimum atomic E-state index is -0.334. The lowest BCUT2D eigenvalue weighted by molar-refractivity contribution is 0.0955. The van der Waals surface area contributed by atoms with Crippen LogP contribution in [0.5, 0.6) is 0 Å². The number of fused-ring (bicyclic) bond motifs is 2. The summed E-state index contributed by atoms with van der Waals surface area (Å²) in [5, 5.41) is 9.03. The topological polar surface area (TPSA) is 41.5 Å². The van der Waals surface area contributed by atoms with Crippen molar-refractivity contribution in [3.05, 3.63) is 92.5 Å². The van der Waals surface area contributed by atoms with Gasteiger partial charge >= 0.3 is 0 Å². The Morgan fingerprint density at radius 3 is 2.22 bits per heavy atom. The van der Waals surface area contributed by atoms with Gasteiger partial charge in [0.2, 0.25) is 0 Å². The molecule has 0 saturated heterocycles. The highest BCUT2D eigenvalue weighted by molar-refractivity contribution is 14.1. The first kappa shape index (κ1) is 17.9. The summed E-state index contributed by atoms with van der Waals surface area (Å²) in [5.41, 5.74) is 3.96. The molecule has 132 valence electrons. The third-order valence-electron chi connectivity index (χ3n) is 4.35. The minimum Gasteiger partial charge on any atom is -0.267 e. The molecule has 4 aromatic rings. The fourth-order valence-corrected chi connectivity index (χ4v) is 3.77. The zero-order valence-corrected chi connectivity index (χ0v) is 17.0. The fourth-order valence-electron chi connectivity index (χ4n) is 3.08. The molecule has 4 aromatic carbocycles. The molecule has 0 atom stereocenters. The number of amides is 1. The third-order valence-corrected chi connectivity index (χ3v) is 5.35. The molecule has 0 bridgehead atoms. The molecule has 0 radical (unpaired) electrons. The standard InChI is InChI=1S/C22H14ClIN2O/c23-21-10-9-16(24)12-19(21)22(27)26-25-13-20-17-7-3-1-5-14(17)11-15-6-2-4-8-18(15)20/h1-13H,(H,26,27)/b25-13+. The molecule has 3 nitrogen and oxygen atoms in total. The Labute approximate surface area is 175 Å². The zero-order chi connectivity index (χ0) is 18.8. The summed E-state index contributed by atoms with van der Waals surface area (Å²) in [6.45, 7) is 0. The molecular formula is C22H14ClIN2O. The smallest absolute Gasteiger partial charge is 0.267 e. The van der Waals surface area contributed by atoms with E-state index in [1.165, 1.54) is 0 Å². The van der Waals surface area contributed by atoms with Crippen LogP contribution in [-0.4, -0.2) is 12.1 Å². The van der Waals surface area contributed by atoms with Gasteiger partial charge in [0.05, 0.1) is 16.8 Å². The highest BCUT2D eigenvalue weighted by Crippen LogP contribution is 2.27. The van der Waals surface area contributed by atoms with E-state index in [0.29, 0.717) is 10.6 Å². The van der Waals surface area contributed by atoms with Crippen molar-refractivity contribution in [2.75, 3.05) is 0 Å². The molecule has 0 aliphatic rings.